The van der Waals surface area contributed by atoms with Crippen molar-refractivity contribution in [2.75, 3.05) is 20.2 Å². The van der Waals surface area contributed by atoms with Gasteiger partial charge in [0.1, 0.15) is 6.10 Å². The van der Waals surface area contributed by atoms with Crippen LogP contribution in [-0.2, 0) is 16.0 Å². The van der Waals surface area contributed by atoms with Crippen molar-refractivity contribution in [1.29, 1.82) is 0 Å². The zero-order chi connectivity index (χ0) is 23.5. The van der Waals surface area contributed by atoms with Gasteiger partial charge >= 0.3 is 5.97 Å². The molecule has 0 heterocycles. The molecule has 7 nitrogen and oxygen atoms in total. The van der Waals surface area contributed by atoms with Crippen LogP contribution in [0.5, 0.6) is 11.5 Å². The van der Waals surface area contributed by atoms with Crippen molar-refractivity contribution in [1.82, 2.24) is 5.32 Å². The molecule has 0 saturated heterocycles. The lowest BCUT2D eigenvalue weighted by Crippen LogP contribution is -2.32. The van der Waals surface area contributed by atoms with E-state index < -0.39 is 12.2 Å². The highest BCUT2D eigenvalue weighted by Crippen LogP contribution is 2.30. The van der Waals surface area contributed by atoms with Crippen LogP contribution in [0.1, 0.15) is 51.5 Å². The van der Waals surface area contributed by atoms with E-state index in [0.29, 0.717) is 38.0 Å². The molecular formula is C25H37NO6. The topological polar surface area (TPSA) is 108 Å². The molecule has 0 aromatic heterocycles. The minimum absolute atomic E-state index is 0.0704. The number of aromatic hydroxyl groups is 1. The fourth-order valence-electron chi connectivity index (χ4n) is 4.03. The molecule has 0 spiro atoms. The van der Waals surface area contributed by atoms with Gasteiger partial charge in [-0.3, -0.25) is 4.79 Å². The van der Waals surface area contributed by atoms with E-state index in [1.165, 1.54) is 14.0 Å². The molecule has 7 heteroatoms. The number of carbonyl (C=O) groups excluding carboxylic acids is 1. The quantitative estimate of drug-likeness (QED) is 0.262. The van der Waals surface area contributed by atoms with Crippen LogP contribution in [0.15, 0.2) is 18.2 Å². The molecule has 0 radical (unpaired) electrons. The van der Waals surface area contributed by atoms with Crippen LogP contribution >= 0.6 is 0 Å². The number of hydrogen-bond donors (Lipinski definition) is 4. The molecule has 1 aliphatic rings. The summed E-state index contributed by atoms with van der Waals surface area (Å²) in [6.45, 7) is 4.43. The Morgan fingerprint density at radius 1 is 1.34 bits per heavy atom. The van der Waals surface area contributed by atoms with Gasteiger partial charge in [-0.05, 0) is 56.8 Å². The van der Waals surface area contributed by atoms with Crippen molar-refractivity contribution < 1.29 is 29.6 Å². The second-order valence-corrected chi connectivity index (χ2v) is 8.65. The van der Waals surface area contributed by atoms with E-state index in [1.54, 1.807) is 19.1 Å². The summed E-state index contributed by atoms with van der Waals surface area (Å²) >= 11 is 0. The van der Waals surface area contributed by atoms with Crippen LogP contribution in [0.25, 0.3) is 0 Å². The predicted molar refractivity (Wildman–Crippen MR) is 122 cm³/mol. The van der Waals surface area contributed by atoms with Crippen molar-refractivity contribution >= 4 is 5.97 Å². The van der Waals surface area contributed by atoms with E-state index in [2.05, 4.69) is 17.2 Å². The summed E-state index contributed by atoms with van der Waals surface area (Å²) in [5, 5.41) is 33.1. The summed E-state index contributed by atoms with van der Waals surface area (Å²) in [5.41, 5.74) is 0.939. The van der Waals surface area contributed by atoms with E-state index in [9.17, 15) is 20.1 Å². The molecule has 4 N–H and O–H groups in total. The Hall–Kier alpha value is -2.27. The van der Waals surface area contributed by atoms with Crippen LogP contribution in [0.3, 0.4) is 0 Å². The summed E-state index contributed by atoms with van der Waals surface area (Å²) in [6, 6.07) is 5.19. The first-order valence-electron chi connectivity index (χ1n) is 11.4. The Balaban J connectivity index is 2.17. The Morgan fingerprint density at radius 2 is 2.12 bits per heavy atom. The number of phenols is 1. The van der Waals surface area contributed by atoms with Crippen LogP contribution < -0.4 is 10.1 Å². The van der Waals surface area contributed by atoms with Crippen LogP contribution in [0.4, 0.5) is 0 Å². The second-order valence-electron chi connectivity index (χ2n) is 8.65. The standard InChI is InChI=1S/C25H37NO6/c1-17(27)16-26-12-11-19-5-4-6-21(13-20-8-10-23(30)25(14-20)31-3)24(32-18(2)28)15-22(29)9-7-19/h8,10,14,17,19,21-22,24,26-27,29-30H,6-7,9,11-13,15-16H2,1-3H3/t17-,19-,21+,22-,24-/m0/s1. The first-order valence-corrected chi connectivity index (χ1v) is 11.4. The molecule has 2 rings (SSSR count). The number of nitrogens with one attached hydrogen (secondary N) is 1. The molecule has 1 aliphatic carbocycles. The van der Waals surface area contributed by atoms with Gasteiger partial charge < -0.3 is 30.1 Å². The molecule has 0 bridgehead atoms. The van der Waals surface area contributed by atoms with Crippen molar-refractivity contribution in [2.24, 2.45) is 11.8 Å². The highest BCUT2D eigenvalue weighted by molar-refractivity contribution is 5.66. The van der Waals surface area contributed by atoms with E-state index >= 15 is 0 Å². The third-order valence-corrected chi connectivity index (χ3v) is 5.72. The van der Waals surface area contributed by atoms with Gasteiger partial charge in [0.05, 0.1) is 19.3 Å². The van der Waals surface area contributed by atoms with E-state index in [0.717, 1.165) is 24.9 Å². The number of hydrogen-bond acceptors (Lipinski definition) is 7. The Bertz CT molecular complexity index is 784. The van der Waals surface area contributed by atoms with Crippen molar-refractivity contribution in [3.05, 3.63) is 23.8 Å². The van der Waals surface area contributed by atoms with Gasteiger partial charge in [0, 0.05) is 38.1 Å². The van der Waals surface area contributed by atoms with Crippen LogP contribution in [-0.4, -0.2) is 59.8 Å². The molecular weight excluding hydrogens is 410 g/mol. The van der Waals surface area contributed by atoms with E-state index in [-0.39, 0.29) is 29.7 Å². The van der Waals surface area contributed by atoms with Gasteiger partial charge in [0.2, 0.25) is 0 Å². The molecule has 5 atom stereocenters. The van der Waals surface area contributed by atoms with Gasteiger partial charge in [0.15, 0.2) is 11.5 Å². The highest BCUT2D eigenvalue weighted by atomic mass is 16.5. The number of methoxy groups -OCH3 is 1. The van der Waals surface area contributed by atoms with Crippen molar-refractivity contribution in [3.63, 3.8) is 0 Å². The lowest BCUT2D eigenvalue weighted by atomic mass is 9.85. The smallest absolute Gasteiger partial charge is 0.302 e. The first kappa shape index (κ1) is 26.0. The summed E-state index contributed by atoms with van der Waals surface area (Å²) in [7, 11) is 1.50. The average molecular weight is 448 g/mol. The van der Waals surface area contributed by atoms with Crippen LogP contribution in [0, 0.1) is 23.7 Å². The lowest BCUT2D eigenvalue weighted by molar-refractivity contribution is -0.150. The summed E-state index contributed by atoms with van der Waals surface area (Å²) in [6.07, 6.45) is 2.29. The molecule has 0 fully saturated rings. The number of aliphatic hydroxyl groups is 2. The Labute approximate surface area is 191 Å². The summed E-state index contributed by atoms with van der Waals surface area (Å²) in [5.74, 6) is 6.80. The molecule has 0 saturated carbocycles. The lowest BCUT2D eigenvalue weighted by Gasteiger charge is -2.29. The summed E-state index contributed by atoms with van der Waals surface area (Å²) < 4.78 is 10.8. The van der Waals surface area contributed by atoms with Crippen molar-refractivity contribution in [2.45, 2.75) is 70.7 Å². The van der Waals surface area contributed by atoms with E-state index in [1.807, 2.05) is 6.07 Å². The number of phenolic OH excluding ortho intramolecular Hbond substituents is 1. The number of carbonyl (C=O) groups is 1. The Morgan fingerprint density at radius 3 is 2.81 bits per heavy atom. The minimum atomic E-state index is -0.580. The zero-order valence-corrected chi connectivity index (χ0v) is 19.3. The van der Waals surface area contributed by atoms with E-state index in [4.69, 9.17) is 9.47 Å². The average Bonchev–Trinajstić information content (AvgIpc) is 2.73. The Kier molecular flexibility index (Phi) is 10.8. The second kappa shape index (κ2) is 13.3. The highest BCUT2D eigenvalue weighted by Gasteiger charge is 2.28. The molecule has 32 heavy (non-hydrogen) atoms. The number of ether oxygens (including phenoxy) is 2. The fourth-order valence-corrected chi connectivity index (χ4v) is 4.03. The predicted octanol–water partition coefficient (Wildman–Crippen LogP) is 2.41. The third-order valence-electron chi connectivity index (χ3n) is 5.72. The fraction of sp³-hybridized carbons (Fsp3) is 0.640. The molecule has 0 amide bonds. The van der Waals surface area contributed by atoms with Gasteiger partial charge in [-0.25, -0.2) is 0 Å². The molecule has 1 aromatic carbocycles. The number of esters is 1. The number of rotatable bonds is 9. The molecule has 0 unspecified atom stereocenters. The van der Waals surface area contributed by atoms with Crippen molar-refractivity contribution in [3.8, 4) is 23.3 Å². The SMILES string of the molecule is COc1cc(C[C@H]2CC#C[C@H](CCNC[C@H](C)O)CC[C@H](O)C[C@@H]2OC(C)=O)ccc1O. The molecule has 1 aromatic rings. The maximum Gasteiger partial charge on any atom is 0.302 e. The first-order chi connectivity index (χ1) is 15.3. The largest absolute Gasteiger partial charge is 0.504 e. The van der Waals surface area contributed by atoms with Gasteiger partial charge in [-0.1, -0.05) is 12.0 Å². The molecule has 0 aliphatic heterocycles. The minimum Gasteiger partial charge on any atom is -0.504 e. The maximum absolute atomic E-state index is 11.7. The monoisotopic (exact) mass is 447 g/mol. The third kappa shape index (κ3) is 9.07. The maximum atomic E-state index is 11.7. The van der Waals surface area contributed by atoms with Gasteiger partial charge in [-0.15, -0.1) is 5.92 Å². The molecule has 178 valence electrons. The summed E-state index contributed by atoms with van der Waals surface area (Å²) in [4.78, 5) is 11.7. The van der Waals surface area contributed by atoms with Gasteiger partial charge in [0.25, 0.3) is 0 Å². The normalized spacial score (nSPS) is 24.7. The van der Waals surface area contributed by atoms with Gasteiger partial charge in [-0.2, -0.15) is 0 Å². The van der Waals surface area contributed by atoms with Crippen LogP contribution in [0.2, 0.25) is 0 Å². The zero-order valence-electron chi connectivity index (χ0n) is 19.3. The number of benzene rings is 1. The number of aliphatic hydroxyl groups excluding tert-OH is 2.